The average molecular weight is 300 g/mol. The van der Waals surface area contributed by atoms with Crippen molar-refractivity contribution in [2.24, 2.45) is 5.73 Å². The van der Waals surface area contributed by atoms with E-state index < -0.39 is 11.7 Å². The van der Waals surface area contributed by atoms with Gasteiger partial charge in [-0.2, -0.15) is 13.2 Å². The van der Waals surface area contributed by atoms with Crippen LogP contribution in [0, 0.1) is 0 Å². The molecule has 0 saturated heterocycles. The van der Waals surface area contributed by atoms with E-state index in [1.165, 1.54) is 12.1 Å². The lowest BCUT2D eigenvalue weighted by Crippen LogP contribution is -2.07. The van der Waals surface area contributed by atoms with E-state index in [1.807, 2.05) is 0 Å². The largest absolute Gasteiger partial charge is 0.417 e. The highest BCUT2D eigenvalue weighted by Crippen LogP contribution is 2.39. The number of benzene rings is 2. The van der Waals surface area contributed by atoms with Crippen molar-refractivity contribution in [1.82, 2.24) is 0 Å². The van der Waals surface area contributed by atoms with Crippen LogP contribution in [-0.2, 0) is 12.6 Å². The van der Waals surface area contributed by atoms with Gasteiger partial charge < -0.3 is 5.73 Å². The fourth-order valence-corrected chi connectivity index (χ4v) is 2.29. The number of hydrogen-bond acceptors (Lipinski definition) is 1. The smallest absolute Gasteiger partial charge is 0.330 e. The molecule has 1 nitrogen and oxygen atoms in total. The van der Waals surface area contributed by atoms with Gasteiger partial charge in [0, 0.05) is 10.6 Å². The van der Waals surface area contributed by atoms with E-state index in [0.717, 1.165) is 11.6 Å². The standard InChI is InChI=1S/C15H13ClF3N/c16-14-6-5-10(7-8-20)9-12(14)11-3-1-2-4-13(11)15(17,18)19/h1-6,9H,7-8,20H2. The first kappa shape index (κ1) is 14.9. The Morgan fingerprint density at radius 1 is 1.00 bits per heavy atom. The van der Waals surface area contributed by atoms with Crippen LogP contribution in [0.25, 0.3) is 11.1 Å². The third-order valence-electron chi connectivity index (χ3n) is 2.99. The minimum atomic E-state index is -4.41. The zero-order valence-corrected chi connectivity index (χ0v) is 11.3. The van der Waals surface area contributed by atoms with Crippen LogP contribution < -0.4 is 5.73 Å². The van der Waals surface area contributed by atoms with Gasteiger partial charge in [-0.1, -0.05) is 35.9 Å². The van der Waals surface area contributed by atoms with Crippen LogP contribution in [0.1, 0.15) is 11.1 Å². The van der Waals surface area contributed by atoms with Crippen LogP contribution in [-0.4, -0.2) is 6.54 Å². The summed E-state index contributed by atoms with van der Waals surface area (Å²) in [5, 5.41) is 0.294. The molecule has 0 atom stereocenters. The predicted molar refractivity (Wildman–Crippen MR) is 74.6 cm³/mol. The second kappa shape index (κ2) is 5.85. The predicted octanol–water partition coefficient (Wildman–Crippen LogP) is 4.53. The molecule has 0 aliphatic carbocycles. The Balaban J connectivity index is 2.59. The van der Waals surface area contributed by atoms with Gasteiger partial charge in [0.1, 0.15) is 0 Å². The fraction of sp³-hybridized carbons (Fsp3) is 0.200. The molecule has 0 aromatic heterocycles. The molecule has 0 unspecified atom stereocenters. The Kier molecular flexibility index (Phi) is 4.35. The lowest BCUT2D eigenvalue weighted by molar-refractivity contribution is -0.137. The SMILES string of the molecule is NCCc1ccc(Cl)c(-c2ccccc2C(F)(F)F)c1. The van der Waals surface area contributed by atoms with Crippen molar-refractivity contribution in [3.63, 3.8) is 0 Å². The molecule has 0 fully saturated rings. The quantitative estimate of drug-likeness (QED) is 0.885. The summed E-state index contributed by atoms with van der Waals surface area (Å²) in [4.78, 5) is 0. The van der Waals surface area contributed by atoms with E-state index in [9.17, 15) is 13.2 Å². The molecule has 0 bridgehead atoms. The highest BCUT2D eigenvalue weighted by molar-refractivity contribution is 6.33. The van der Waals surface area contributed by atoms with Gasteiger partial charge in [0.05, 0.1) is 5.56 Å². The lowest BCUT2D eigenvalue weighted by Gasteiger charge is -2.14. The lowest BCUT2D eigenvalue weighted by atomic mass is 9.97. The molecule has 0 aliphatic rings. The zero-order chi connectivity index (χ0) is 14.8. The second-order valence-electron chi connectivity index (χ2n) is 4.40. The molecule has 2 aromatic carbocycles. The first-order valence-electron chi connectivity index (χ1n) is 6.08. The van der Waals surface area contributed by atoms with E-state index >= 15 is 0 Å². The Morgan fingerprint density at radius 2 is 1.70 bits per heavy atom. The Hall–Kier alpha value is -1.52. The van der Waals surface area contributed by atoms with Crippen LogP contribution in [0.3, 0.4) is 0 Å². The average Bonchev–Trinajstić information content (AvgIpc) is 2.40. The molecule has 0 heterocycles. The minimum Gasteiger partial charge on any atom is -0.330 e. The van der Waals surface area contributed by atoms with E-state index in [-0.39, 0.29) is 5.56 Å². The molecule has 2 aromatic rings. The minimum absolute atomic E-state index is 0.0869. The number of halogens is 4. The number of rotatable bonds is 3. The van der Waals surface area contributed by atoms with Crippen LogP contribution in [0.4, 0.5) is 13.2 Å². The maximum atomic E-state index is 13.1. The maximum absolute atomic E-state index is 13.1. The summed E-state index contributed by atoms with van der Waals surface area (Å²) in [7, 11) is 0. The Labute approximate surface area is 120 Å². The highest BCUT2D eigenvalue weighted by atomic mass is 35.5. The van der Waals surface area contributed by atoms with E-state index in [1.54, 1.807) is 24.3 Å². The fourth-order valence-electron chi connectivity index (χ4n) is 2.07. The van der Waals surface area contributed by atoms with Gasteiger partial charge in [0.15, 0.2) is 0 Å². The molecule has 5 heteroatoms. The third kappa shape index (κ3) is 3.14. The third-order valence-corrected chi connectivity index (χ3v) is 3.32. The van der Waals surface area contributed by atoms with Gasteiger partial charge in [-0.05, 0) is 42.3 Å². The molecule has 0 saturated carbocycles. The van der Waals surface area contributed by atoms with E-state index in [4.69, 9.17) is 17.3 Å². The first-order valence-corrected chi connectivity index (χ1v) is 6.46. The van der Waals surface area contributed by atoms with Crippen LogP contribution >= 0.6 is 11.6 Å². The summed E-state index contributed by atoms with van der Waals surface area (Å²) < 4.78 is 39.2. The van der Waals surface area contributed by atoms with Crippen LogP contribution in [0.15, 0.2) is 42.5 Å². The first-order chi connectivity index (χ1) is 9.43. The molecule has 20 heavy (non-hydrogen) atoms. The van der Waals surface area contributed by atoms with Gasteiger partial charge in [-0.25, -0.2) is 0 Å². The Bertz CT molecular complexity index is 608. The molecule has 0 spiro atoms. The molecule has 0 aliphatic heterocycles. The van der Waals surface area contributed by atoms with Crippen molar-refractivity contribution in [3.05, 3.63) is 58.6 Å². The molecule has 0 amide bonds. The number of hydrogen-bond donors (Lipinski definition) is 1. The van der Waals surface area contributed by atoms with Gasteiger partial charge in [-0.3, -0.25) is 0 Å². The maximum Gasteiger partial charge on any atom is 0.417 e. The number of nitrogens with two attached hydrogens (primary N) is 1. The topological polar surface area (TPSA) is 26.0 Å². The van der Waals surface area contributed by atoms with Crippen molar-refractivity contribution in [2.45, 2.75) is 12.6 Å². The normalized spacial score (nSPS) is 11.7. The van der Waals surface area contributed by atoms with Crippen LogP contribution in [0.5, 0.6) is 0 Å². The monoisotopic (exact) mass is 299 g/mol. The van der Waals surface area contributed by atoms with Gasteiger partial charge >= 0.3 is 6.18 Å². The van der Waals surface area contributed by atoms with Crippen molar-refractivity contribution in [1.29, 1.82) is 0 Å². The highest BCUT2D eigenvalue weighted by Gasteiger charge is 2.33. The molecule has 2 N–H and O–H groups in total. The van der Waals surface area contributed by atoms with E-state index in [2.05, 4.69) is 0 Å². The Morgan fingerprint density at radius 3 is 2.35 bits per heavy atom. The zero-order valence-electron chi connectivity index (χ0n) is 10.5. The summed E-state index contributed by atoms with van der Waals surface area (Å²) in [6, 6.07) is 10.5. The van der Waals surface area contributed by atoms with Gasteiger partial charge in [0.25, 0.3) is 0 Å². The molecular weight excluding hydrogens is 287 g/mol. The summed E-state index contributed by atoms with van der Waals surface area (Å²) >= 11 is 6.05. The summed E-state index contributed by atoms with van der Waals surface area (Å²) in [5.41, 5.74) is 6.12. The summed E-state index contributed by atoms with van der Waals surface area (Å²) in [6.45, 7) is 0.433. The molecule has 106 valence electrons. The van der Waals surface area contributed by atoms with Gasteiger partial charge in [-0.15, -0.1) is 0 Å². The van der Waals surface area contributed by atoms with Crippen molar-refractivity contribution < 1.29 is 13.2 Å². The number of alkyl halides is 3. The molecule has 2 rings (SSSR count). The summed E-state index contributed by atoms with van der Waals surface area (Å²) in [5.74, 6) is 0. The van der Waals surface area contributed by atoms with Crippen molar-refractivity contribution in [2.75, 3.05) is 6.54 Å². The van der Waals surface area contributed by atoms with E-state index in [0.29, 0.717) is 23.6 Å². The second-order valence-corrected chi connectivity index (χ2v) is 4.80. The van der Waals surface area contributed by atoms with Crippen molar-refractivity contribution in [3.8, 4) is 11.1 Å². The van der Waals surface area contributed by atoms with Gasteiger partial charge in [0.2, 0.25) is 0 Å². The van der Waals surface area contributed by atoms with Crippen LogP contribution in [0.2, 0.25) is 5.02 Å². The molecular formula is C15H13ClF3N. The summed E-state index contributed by atoms with van der Waals surface area (Å²) in [6.07, 6.45) is -3.82. The molecule has 0 radical (unpaired) electrons. The van der Waals surface area contributed by atoms with Crippen molar-refractivity contribution >= 4 is 11.6 Å².